The summed E-state index contributed by atoms with van der Waals surface area (Å²) in [5.74, 6) is 0. The van der Waals surface area contributed by atoms with Crippen LogP contribution in [0.1, 0.15) is 49.9 Å². The molecule has 1 heterocycles. The Balaban J connectivity index is 0.818. The van der Waals surface area contributed by atoms with Crippen LogP contribution in [0.3, 0.4) is 0 Å². The third kappa shape index (κ3) is 6.94. The second kappa shape index (κ2) is 16.6. The molecule has 0 aliphatic heterocycles. The second-order valence-electron chi connectivity index (χ2n) is 22.1. The Morgan fingerprint density at radius 3 is 1.24 bits per heavy atom. The van der Waals surface area contributed by atoms with Gasteiger partial charge in [0, 0.05) is 38.7 Å². The molecule has 0 N–H and O–H groups in total. The van der Waals surface area contributed by atoms with Gasteiger partial charge < -0.3 is 9.32 Å². The Morgan fingerprint density at radius 1 is 0.263 bits per heavy atom. The molecule has 0 bridgehead atoms. The maximum absolute atomic E-state index is 6.18. The van der Waals surface area contributed by atoms with Crippen LogP contribution in [0.15, 0.2) is 253 Å². The minimum atomic E-state index is -0.229. The van der Waals surface area contributed by atoms with E-state index >= 15 is 0 Å². The first-order valence-corrected chi connectivity index (χ1v) is 26.6. The molecule has 0 saturated heterocycles. The molecule has 360 valence electrons. The SMILES string of the molecule is CC1(C)c2cc(-c3ccc4ccccc4c3)ccc2-c2ccc(N(c3ccc(-c4cccc(-c5ccc6oc7ccccc7c6c5)c4)cc3)c3ccc4c(c3)C(C)(C)c3cc(-c5ccc6ccccc6c5)ccc3-4)cc21. The highest BCUT2D eigenvalue weighted by molar-refractivity contribution is 6.06. The van der Waals surface area contributed by atoms with Crippen LogP contribution in [-0.4, -0.2) is 0 Å². The summed E-state index contributed by atoms with van der Waals surface area (Å²) in [7, 11) is 0. The van der Waals surface area contributed by atoms with Crippen LogP contribution in [-0.2, 0) is 10.8 Å². The van der Waals surface area contributed by atoms with Crippen LogP contribution in [0.4, 0.5) is 17.1 Å². The van der Waals surface area contributed by atoms with E-state index in [0.29, 0.717) is 0 Å². The molecule has 2 aliphatic carbocycles. The average Bonchev–Trinajstić information content (AvgIpc) is 4.16. The lowest BCUT2D eigenvalue weighted by Crippen LogP contribution is -2.18. The van der Waals surface area contributed by atoms with Crippen molar-refractivity contribution in [2.75, 3.05) is 4.90 Å². The van der Waals surface area contributed by atoms with E-state index in [2.05, 4.69) is 269 Å². The zero-order chi connectivity index (χ0) is 50.9. The summed E-state index contributed by atoms with van der Waals surface area (Å²) in [5.41, 5.74) is 25.0. The first-order chi connectivity index (χ1) is 37.1. The highest BCUT2D eigenvalue weighted by Crippen LogP contribution is 2.54. The van der Waals surface area contributed by atoms with Gasteiger partial charge in [0.1, 0.15) is 11.2 Å². The lowest BCUT2D eigenvalue weighted by molar-refractivity contribution is 0.660. The van der Waals surface area contributed by atoms with Crippen molar-refractivity contribution in [3.05, 3.63) is 271 Å². The van der Waals surface area contributed by atoms with Gasteiger partial charge >= 0.3 is 0 Å². The number of benzene rings is 12. The first kappa shape index (κ1) is 44.3. The van der Waals surface area contributed by atoms with E-state index in [-0.39, 0.29) is 10.8 Å². The summed E-state index contributed by atoms with van der Waals surface area (Å²) >= 11 is 0. The smallest absolute Gasteiger partial charge is 0.135 e. The van der Waals surface area contributed by atoms with Gasteiger partial charge in [0.15, 0.2) is 0 Å². The van der Waals surface area contributed by atoms with Gasteiger partial charge in [-0.25, -0.2) is 0 Å². The molecule has 2 nitrogen and oxygen atoms in total. The van der Waals surface area contributed by atoms with E-state index in [0.717, 1.165) is 39.0 Å². The number of furan rings is 1. The molecule has 1 aromatic heterocycles. The zero-order valence-corrected chi connectivity index (χ0v) is 43.0. The van der Waals surface area contributed by atoms with Gasteiger partial charge in [0.05, 0.1) is 0 Å². The molecule has 2 aliphatic rings. The summed E-state index contributed by atoms with van der Waals surface area (Å²) in [5, 5.41) is 7.32. The molecule has 0 unspecified atom stereocenters. The van der Waals surface area contributed by atoms with Gasteiger partial charge in [-0.3, -0.25) is 0 Å². The number of hydrogen-bond acceptors (Lipinski definition) is 2. The fourth-order valence-corrected chi connectivity index (χ4v) is 12.9. The summed E-state index contributed by atoms with van der Waals surface area (Å²) in [4.78, 5) is 2.48. The first-order valence-electron chi connectivity index (χ1n) is 26.6. The van der Waals surface area contributed by atoms with Crippen LogP contribution in [0, 0.1) is 0 Å². The normalized spacial score (nSPS) is 13.7. The van der Waals surface area contributed by atoms with E-state index in [4.69, 9.17) is 4.42 Å². The van der Waals surface area contributed by atoms with Crippen LogP contribution in [0.25, 0.3) is 110 Å². The lowest BCUT2D eigenvalue weighted by atomic mass is 9.81. The summed E-state index contributed by atoms with van der Waals surface area (Å²) in [6.07, 6.45) is 0. The highest BCUT2D eigenvalue weighted by atomic mass is 16.3. The van der Waals surface area contributed by atoms with E-state index in [1.165, 1.54) is 111 Å². The molecule has 0 fully saturated rings. The summed E-state index contributed by atoms with van der Waals surface area (Å²) in [6.45, 7) is 9.59. The lowest BCUT2D eigenvalue weighted by Gasteiger charge is -2.30. The van der Waals surface area contributed by atoms with Crippen LogP contribution in [0.2, 0.25) is 0 Å². The Morgan fingerprint density at radius 2 is 0.658 bits per heavy atom. The van der Waals surface area contributed by atoms with Gasteiger partial charge in [0.25, 0.3) is 0 Å². The molecule has 0 spiro atoms. The predicted octanol–water partition coefficient (Wildman–Crippen LogP) is 20.6. The fraction of sp³-hybridized carbons (Fsp3) is 0.0811. The molecule has 76 heavy (non-hydrogen) atoms. The summed E-state index contributed by atoms with van der Waals surface area (Å²) < 4.78 is 6.18. The van der Waals surface area contributed by atoms with Crippen LogP contribution in [0.5, 0.6) is 0 Å². The fourth-order valence-electron chi connectivity index (χ4n) is 12.9. The number of fused-ring (bicyclic) bond motifs is 11. The Labute approximate surface area is 443 Å². The van der Waals surface area contributed by atoms with Crippen molar-refractivity contribution >= 4 is 60.5 Å². The van der Waals surface area contributed by atoms with Crippen molar-refractivity contribution in [3.8, 4) is 66.8 Å². The van der Waals surface area contributed by atoms with Crippen molar-refractivity contribution in [3.63, 3.8) is 0 Å². The van der Waals surface area contributed by atoms with E-state index in [1.807, 2.05) is 12.1 Å². The number of hydrogen-bond donors (Lipinski definition) is 0. The van der Waals surface area contributed by atoms with Crippen molar-refractivity contribution in [2.45, 2.75) is 38.5 Å². The van der Waals surface area contributed by atoms with Crippen LogP contribution < -0.4 is 4.90 Å². The minimum absolute atomic E-state index is 0.229. The van der Waals surface area contributed by atoms with Crippen molar-refractivity contribution in [2.24, 2.45) is 0 Å². The zero-order valence-electron chi connectivity index (χ0n) is 43.0. The molecule has 15 rings (SSSR count). The average molecular weight is 972 g/mol. The predicted molar refractivity (Wildman–Crippen MR) is 320 cm³/mol. The van der Waals surface area contributed by atoms with Crippen molar-refractivity contribution in [1.29, 1.82) is 0 Å². The van der Waals surface area contributed by atoms with E-state index in [1.54, 1.807) is 0 Å². The Bertz CT molecular complexity index is 4340. The molecule has 0 saturated carbocycles. The monoisotopic (exact) mass is 971 g/mol. The van der Waals surface area contributed by atoms with Gasteiger partial charge in [-0.05, 0) is 195 Å². The largest absolute Gasteiger partial charge is 0.456 e. The Kier molecular flexibility index (Phi) is 9.69. The number of nitrogens with zero attached hydrogens (tertiary/aromatic N) is 1. The van der Waals surface area contributed by atoms with Crippen molar-refractivity contribution < 1.29 is 4.42 Å². The van der Waals surface area contributed by atoms with E-state index in [9.17, 15) is 0 Å². The van der Waals surface area contributed by atoms with Gasteiger partial charge in [-0.15, -0.1) is 0 Å². The maximum atomic E-state index is 6.18. The molecule has 0 amide bonds. The topological polar surface area (TPSA) is 16.4 Å². The number of para-hydroxylation sites is 1. The van der Waals surface area contributed by atoms with Gasteiger partial charge in [0.2, 0.25) is 0 Å². The second-order valence-corrected chi connectivity index (χ2v) is 22.1. The quantitative estimate of drug-likeness (QED) is 0.158. The molecule has 0 atom stereocenters. The third-order valence-electron chi connectivity index (χ3n) is 17.0. The van der Waals surface area contributed by atoms with Gasteiger partial charge in [-0.1, -0.05) is 191 Å². The van der Waals surface area contributed by atoms with Crippen LogP contribution >= 0.6 is 0 Å². The van der Waals surface area contributed by atoms with Gasteiger partial charge in [-0.2, -0.15) is 0 Å². The third-order valence-corrected chi connectivity index (χ3v) is 17.0. The molecule has 2 heteroatoms. The number of anilines is 3. The summed E-state index contributed by atoms with van der Waals surface area (Å²) in [6, 6.07) is 92.4. The molecule has 12 aromatic carbocycles. The molecular weight excluding hydrogens is 919 g/mol. The molecule has 0 radical (unpaired) electrons. The standard InChI is InChI=1S/C74H53NO/c1-73(2)67-42-56(53-22-20-46-12-5-7-14-49(46)39-53)26-33-61(67)63-35-31-59(44-69(63)73)75(58-29-24-48(25-30-58)51-16-11-17-52(38-51)55-28-37-72-66(41-55)65-18-9-10-19-71(65)76-72)60-32-36-64-62-34-27-57(43-68(62)74(3,4)70(64)45-60)54-23-21-47-13-6-8-15-50(47)40-54/h5-45H,1-4H3. The number of rotatable bonds is 7. The highest BCUT2D eigenvalue weighted by Gasteiger charge is 2.38. The molecule has 13 aromatic rings. The Hall–Kier alpha value is -9.24. The van der Waals surface area contributed by atoms with E-state index < -0.39 is 0 Å². The van der Waals surface area contributed by atoms with Crippen molar-refractivity contribution in [1.82, 2.24) is 0 Å². The molecular formula is C74H53NO. The minimum Gasteiger partial charge on any atom is -0.456 e. The maximum Gasteiger partial charge on any atom is 0.135 e.